The molecule has 2 atom stereocenters. The molecule has 5 nitrogen and oxygen atoms in total. The third kappa shape index (κ3) is 2.70. The predicted molar refractivity (Wildman–Crippen MR) is 85.0 cm³/mol. The van der Waals surface area contributed by atoms with Crippen LogP contribution in [0.2, 0.25) is 0 Å². The lowest BCUT2D eigenvalue weighted by molar-refractivity contribution is 0.0209. The maximum absolute atomic E-state index is 6.21. The van der Waals surface area contributed by atoms with Crippen molar-refractivity contribution in [1.29, 1.82) is 0 Å². The van der Waals surface area contributed by atoms with Crippen molar-refractivity contribution in [2.45, 2.75) is 37.8 Å². The highest BCUT2D eigenvalue weighted by Gasteiger charge is 2.31. The fourth-order valence-electron chi connectivity index (χ4n) is 3.73. The van der Waals surface area contributed by atoms with E-state index >= 15 is 0 Å². The highest BCUT2D eigenvalue weighted by Crippen LogP contribution is 2.37. The van der Waals surface area contributed by atoms with Gasteiger partial charge in [-0.15, -0.1) is 11.3 Å². The van der Waals surface area contributed by atoms with E-state index in [1.54, 1.807) is 0 Å². The molecule has 1 aromatic rings. The molecule has 3 heterocycles. The maximum Gasteiger partial charge on any atom is 0.185 e. The van der Waals surface area contributed by atoms with Gasteiger partial charge in [0.05, 0.1) is 18.9 Å². The molecular weight excluding hydrogens is 284 g/mol. The number of nitrogens with two attached hydrogens (primary N) is 1. The normalized spacial score (nSPS) is 30.6. The smallest absolute Gasteiger partial charge is 0.185 e. The van der Waals surface area contributed by atoms with Gasteiger partial charge in [-0.05, 0) is 25.7 Å². The van der Waals surface area contributed by atoms with Crippen LogP contribution in [0.3, 0.4) is 0 Å². The molecule has 0 spiro atoms. The van der Waals surface area contributed by atoms with Gasteiger partial charge in [0.1, 0.15) is 0 Å². The van der Waals surface area contributed by atoms with Crippen molar-refractivity contribution in [1.82, 2.24) is 9.88 Å². The summed E-state index contributed by atoms with van der Waals surface area (Å²) in [4.78, 5) is 11.4. The van der Waals surface area contributed by atoms with Crippen molar-refractivity contribution in [2.24, 2.45) is 5.73 Å². The number of aromatic nitrogens is 1. The summed E-state index contributed by atoms with van der Waals surface area (Å²) >= 11 is 1.88. The monoisotopic (exact) mass is 308 g/mol. The lowest BCUT2D eigenvalue weighted by Crippen LogP contribution is -2.44. The number of ether oxygens (including phenoxy) is 1. The lowest BCUT2D eigenvalue weighted by Gasteiger charge is -2.32. The molecule has 0 amide bonds. The van der Waals surface area contributed by atoms with Gasteiger partial charge in [0, 0.05) is 43.1 Å². The number of morpholine rings is 1. The minimum Gasteiger partial charge on any atom is -0.379 e. The van der Waals surface area contributed by atoms with Crippen LogP contribution in [-0.4, -0.2) is 55.3 Å². The average Bonchev–Trinajstić information content (AvgIpc) is 3.15. The van der Waals surface area contributed by atoms with E-state index in [0.717, 1.165) is 45.8 Å². The highest BCUT2D eigenvalue weighted by atomic mass is 32.1. The van der Waals surface area contributed by atoms with E-state index in [4.69, 9.17) is 15.5 Å². The first-order valence-electron chi connectivity index (χ1n) is 8.13. The zero-order chi connectivity index (χ0) is 14.2. The SMILES string of the molecule is NC1CCCc2sc(N3CCC(N4CCOCC4)C3)nc21. The summed E-state index contributed by atoms with van der Waals surface area (Å²) < 4.78 is 5.46. The van der Waals surface area contributed by atoms with Crippen LogP contribution in [0.4, 0.5) is 5.13 Å². The van der Waals surface area contributed by atoms with Crippen LogP contribution in [-0.2, 0) is 11.2 Å². The van der Waals surface area contributed by atoms with Crippen molar-refractivity contribution in [3.8, 4) is 0 Å². The summed E-state index contributed by atoms with van der Waals surface area (Å²) in [5.74, 6) is 0. The molecule has 0 saturated carbocycles. The topological polar surface area (TPSA) is 54.6 Å². The largest absolute Gasteiger partial charge is 0.379 e. The maximum atomic E-state index is 6.21. The number of rotatable bonds is 2. The van der Waals surface area contributed by atoms with Crippen molar-refractivity contribution in [3.05, 3.63) is 10.6 Å². The Morgan fingerprint density at radius 2 is 2.05 bits per heavy atom. The molecule has 0 radical (unpaired) electrons. The summed E-state index contributed by atoms with van der Waals surface area (Å²) in [7, 11) is 0. The van der Waals surface area contributed by atoms with Gasteiger partial charge in [-0.2, -0.15) is 0 Å². The number of aryl methyl sites for hydroxylation is 1. The van der Waals surface area contributed by atoms with Crippen molar-refractivity contribution < 1.29 is 4.74 Å². The van der Waals surface area contributed by atoms with Gasteiger partial charge in [0.2, 0.25) is 0 Å². The number of hydrogen-bond acceptors (Lipinski definition) is 6. The van der Waals surface area contributed by atoms with Gasteiger partial charge in [0.15, 0.2) is 5.13 Å². The molecule has 4 rings (SSSR count). The first kappa shape index (κ1) is 13.9. The fourth-order valence-corrected chi connectivity index (χ4v) is 4.94. The van der Waals surface area contributed by atoms with Gasteiger partial charge in [-0.25, -0.2) is 4.98 Å². The number of nitrogens with zero attached hydrogens (tertiary/aromatic N) is 3. The van der Waals surface area contributed by atoms with Gasteiger partial charge in [-0.1, -0.05) is 0 Å². The lowest BCUT2D eigenvalue weighted by atomic mass is 9.99. The van der Waals surface area contributed by atoms with Crippen molar-refractivity contribution in [3.63, 3.8) is 0 Å². The number of thiazole rings is 1. The Kier molecular flexibility index (Phi) is 3.87. The molecule has 2 fully saturated rings. The molecule has 21 heavy (non-hydrogen) atoms. The Labute approximate surface area is 130 Å². The Balaban J connectivity index is 1.45. The average molecular weight is 308 g/mol. The quantitative estimate of drug-likeness (QED) is 0.895. The van der Waals surface area contributed by atoms with E-state index in [1.165, 1.54) is 35.0 Å². The number of anilines is 1. The van der Waals surface area contributed by atoms with Crippen LogP contribution >= 0.6 is 11.3 Å². The van der Waals surface area contributed by atoms with E-state index in [9.17, 15) is 0 Å². The van der Waals surface area contributed by atoms with Gasteiger partial charge >= 0.3 is 0 Å². The molecule has 2 saturated heterocycles. The molecule has 3 aliphatic rings. The molecule has 0 aromatic carbocycles. The van der Waals surface area contributed by atoms with Crippen LogP contribution < -0.4 is 10.6 Å². The molecule has 2 unspecified atom stereocenters. The number of hydrogen-bond donors (Lipinski definition) is 1. The standard InChI is InChI=1S/C15H24N4OS/c16-12-2-1-3-13-14(12)17-15(21-13)19-5-4-11(10-19)18-6-8-20-9-7-18/h11-12H,1-10,16H2. The van der Waals surface area contributed by atoms with E-state index in [0.29, 0.717) is 6.04 Å². The Hall–Kier alpha value is -0.690. The second-order valence-corrected chi connectivity index (χ2v) is 7.40. The van der Waals surface area contributed by atoms with E-state index in [2.05, 4.69) is 9.80 Å². The molecular formula is C15H24N4OS. The molecule has 2 aliphatic heterocycles. The van der Waals surface area contributed by atoms with E-state index < -0.39 is 0 Å². The highest BCUT2D eigenvalue weighted by molar-refractivity contribution is 7.15. The summed E-state index contributed by atoms with van der Waals surface area (Å²) in [5, 5.41) is 1.20. The molecule has 6 heteroatoms. The summed E-state index contributed by atoms with van der Waals surface area (Å²) in [6, 6.07) is 0.833. The van der Waals surface area contributed by atoms with Crippen molar-refractivity contribution >= 4 is 16.5 Å². The van der Waals surface area contributed by atoms with Crippen LogP contribution in [0.5, 0.6) is 0 Å². The third-order valence-electron chi connectivity index (χ3n) is 4.98. The molecule has 1 aromatic heterocycles. The minimum atomic E-state index is 0.163. The second kappa shape index (κ2) is 5.83. The summed E-state index contributed by atoms with van der Waals surface area (Å²) in [6.45, 7) is 6.18. The van der Waals surface area contributed by atoms with Crippen LogP contribution in [0.15, 0.2) is 0 Å². The molecule has 2 N–H and O–H groups in total. The Bertz CT molecular complexity index is 500. The van der Waals surface area contributed by atoms with Gasteiger partial charge in [0.25, 0.3) is 0 Å². The van der Waals surface area contributed by atoms with E-state index in [1.807, 2.05) is 11.3 Å². The van der Waals surface area contributed by atoms with E-state index in [-0.39, 0.29) is 6.04 Å². The van der Waals surface area contributed by atoms with Crippen LogP contribution in [0.1, 0.15) is 35.9 Å². The zero-order valence-corrected chi connectivity index (χ0v) is 13.3. The fraction of sp³-hybridized carbons (Fsp3) is 0.800. The van der Waals surface area contributed by atoms with Crippen LogP contribution in [0.25, 0.3) is 0 Å². The Morgan fingerprint density at radius 3 is 2.86 bits per heavy atom. The first-order valence-corrected chi connectivity index (χ1v) is 8.95. The van der Waals surface area contributed by atoms with Crippen molar-refractivity contribution in [2.75, 3.05) is 44.3 Å². The summed E-state index contributed by atoms with van der Waals surface area (Å²) in [5.41, 5.74) is 7.38. The first-order chi connectivity index (χ1) is 10.3. The summed E-state index contributed by atoms with van der Waals surface area (Å²) in [6.07, 6.45) is 4.72. The molecule has 0 bridgehead atoms. The van der Waals surface area contributed by atoms with Crippen LogP contribution in [0, 0.1) is 0 Å². The minimum absolute atomic E-state index is 0.163. The molecule has 1 aliphatic carbocycles. The zero-order valence-electron chi connectivity index (χ0n) is 12.5. The predicted octanol–water partition coefficient (Wildman–Crippen LogP) is 1.39. The van der Waals surface area contributed by atoms with Gasteiger partial charge in [-0.3, -0.25) is 4.90 Å². The van der Waals surface area contributed by atoms with Gasteiger partial charge < -0.3 is 15.4 Å². The Morgan fingerprint density at radius 1 is 1.19 bits per heavy atom. The third-order valence-corrected chi connectivity index (χ3v) is 6.17. The second-order valence-electron chi connectivity index (χ2n) is 6.34. The number of fused-ring (bicyclic) bond motifs is 1. The molecule has 116 valence electrons.